The van der Waals surface area contributed by atoms with E-state index in [-0.39, 0.29) is 0 Å². The molecule has 6 heavy (non-hydrogen) atoms. The third kappa shape index (κ3) is 0.337. The summed E-state index contributed by atoms with van der Waals surface area (Å²) < 4.78 is 0. The van der Waals surface area contributed by atoms with E-state index in [1.165, 1.54) is 12.4 Å². The first-order valence-electron chi connectivity index (χ1n) is 1.58. The van der Waals surface area contributed by atoms with Crippen molar-refractivity contribution in [3.05, 3.63) is 11.9 Å². The van der Waals surface area contributed by atoms with E-state index >= 15 is 0 Å². The van der Waals surface area contributed by atoms with Gasteiger partial charge in [0.25, 0.3) is 0 Å². The lowest BCUT2D eigenvalue weighted by atomic mass is 10.6. The fourth-order valence-corrected chi connectivity index (χ4v) is 0.233. The molecule has 0 aromatic heterocycles. The van der Waals surface area contributed by atoms with E-state index in [0.717, 1.165) is 0 Å². The van der Waals surface area contributed by atoms with Gasteiger partial charge in [0, 0.05) is 0 Å². The Balaban J connectivity index is 2.68. The Kier molecular flexibility index (Phi) is 0.538. The average Bonchev–Trinajstić information content (AvgIpc) is 1.86. The van der Waals surface area contributed by atoms with Gasteiger partial charge in [-0.2, -0.15) is 10.5 Å². The van der Waals surface area contributed by atoms with Gasteiger partial charge in [0.1, 0.15) is 0 Å². The number of rotatable bonds is 0. The quantitative estimate of drug-likeness (QED) is 0.416. The molecule has 1 aliphatic rings. The Bertz CT molecular complexity index is 99.9. The molecule has 0 bridgehead atoms. The molecule has 1 radical (unpaired) electrons. The minimum atomic E-state index is 0.620. The number of nitrogens with two attached hydrogens (primary N) is 1. The molecule has 3 nitrogen and oxygen atoms in total. The van der Waals surface area contributed by atoms with Crippen LogP contribution in [0.15, 0.2) is 17.0 Å². The number of nitrogens with zero attached hydrogens (tertiary/aromatic N) is 2. The van der Waals surface area contributed by atoms with Crippen molar-refractivity contribution < 1.29 is 0 Å². The zero-order valence-electron chi connectivity index (χ0n) is 3.13. The standard InChI is InChI=1S/C3H4N3/c4-3-1-5-6-2-3/h1-2H,4H2. The van der Waals surface area contributed by atoms with Gasteiger partial charge < -0.3 is 5.73 Å². The average molecular weight is 82.1 g/mol. The van der Waals surface area contributed by atoms with Crippen molar-refractivity contribution in [1.29, 1.82) is 0 Å². The summed E-state index contributed by atoms with van der Waals surface area (Å²) in [5.74, 6) is 0. The summed E-state index contributed by atoms with van der Waals surface area (Å²) in [5.41, 5.74) is 9.22. The second-order valence-electron chi connectivity index (χ2n) is 0.989. The highest BCUT2D eigenvalue weighted by Crippen LogP contribution is 1.82. The van der Waals surface area contributed by atoms with E-state index in [2.05, 4.69) is 10.5 Å². The molecule has 0 amide bonds. The Morgan fingerprint density at radius 2 is 2.50 bits per heavy atom. The van der Waals surface area contributed by atoms with Crippen LogP contribution in [0.1, 0.15) is 0 Å². The van der Waals surface area contributed by atoms with Gasteiger partial charge in [-0.15, -0.1) is 0 Å². The molecule has 0 unspecified atom stereocenters. The minimum Gasteiger partial charge on any atom is -0.396 e. The fraction of sp³-hybridized carbons (Fsp3) is 0. The van der Waals surface area contributed by atoms with Gasteiger partial charge >= 0.3 is 0 Å². The largest absolute Gasteiger partial charge is 0.396 e. The van der Waals surface area contributed by atoms with Crippen LogP contribution in [0.3, 0.4) is 0 Å². The summed E-state index contributed by atoms with van der Waals surface area (Å²) in [5, 5.41) is 3.45. The van der Waals surface area contributed by atoms with Gasteiger partial charge in [-0.1, -0.05) is 0 Å². The number of allylic oxidation sites excluding steroid dienone is 1. The molecule has 0 saturated heterocycles. The first-order chi connectivity index (χ1) is 2.89. The summed E-state index contributed by atoms with van der Waals surface area (Å²) >= 11 is 0. The molecule has 0 fully saturated rings. The lowest BCUT2D eigenvalue weighted by molar-refractivity contribution is 0.973. The first-order valence-corrected chi connectivity index (χ1v) is 1.58. The van der Waals surface area contributed by atoms with Crippen LogP contribution in [0.4, 0.5) is 0 Å². The molecule has 1 rings (SSSR count). The molecule has 2 N–H and O–H groups in total. The zero-order valence-corrected chi connectivity index (χ0v) is 3.13. The van der Waals surface area contributed by atoms with Crippen molar-refractivity contribution in [2.75, 3.05) is 0 Å². The highest BCUT2D eigenvalue weighted by molar-refractivity contribution is 5.78. The molecular formula is C3H4N3. The molecule has 3 heteroatoms. The van der Waals surface area contributed by atoms with Crippen LogP contribution in [-0.2, 0) is 0 Å². The Morgan fingerprint density at radius 1 is 1.67 bits per heavy atom. The van der Waals surface area contributed by atoms with E-state index in [4.69, 9.17) is 5.73 Å². The summed E-state index contributed by atoms with van der Waals surface area (Å²) in [6.07, 6.45) is 3.00. The fourth-order valence-electron chi connectivity index (χ4n) is 0.233. The summed E-state index contributed by atoms with van der Waals surface area (Å²) in [6.45, 7) is 0. The molecular weight excluding hydrogens is 78.1 g/mol. The second-order valence-corrected chi connectivity index (χ2v) is 0.989. The molecule has 0 aliphatic carbocycles. The molecule has 1 heterocycles. The van der Waals surface area contributed by atoms with Gasteiger partial charge in [-0.05, 0) is 0 Å². The highest BCUT2D eigenvalue weighted by Gasteiger charge is 1.87. The van der Waals surface area contributed by atoms with E-state index in [1.807, 2.05) is 0 Å². The zero-order chi connectivity index (χ0) is 4.41. The van der Waals surface area contributed by atoms with Crippen LogP contribution in [0, 0.1) is 0 Å². The van der Waals surface area contributed by atoms with Crippen LogP contribution >= 0.6 is 0 Å². The maximum Gasteiger partial charge on any atom is 0.0741 e. The van der Waals surface area contributed by atoms with Gasteiger partial charge in [-0.25, -0.2) is 0 Å². The van der Waals surface area contributed by atoms with E-state index in [0.29, 0.717) is 5.70 Å². The molecule has 0 aromatic carbocycles. The maximum absolute atomic E-state index is 5.15. The van der Waals surface area contributed by atoms with Crippen molar-refractivity contribution >= 4 is 6.21 Å². The Labute approximate surface area is 35.5 Å². The van der Waals surface area contributed by atoms with Crippen LogP contribution < -0.4 is 11.2 Å². The van der Waals surface area contributed by atoms with Gasteiger partial charge in [0.15, 0.2) is 0 Å². The topological polar surface area (TPSA) is 52.5 Å². The number of hydrogen-bond donors (Lipinski definition) is 1. The maximum atomic E-state index is 5.15. The van der Waals surface area contributed by atoms with Crippen LogP contribution in [0.2, 0.25) is 0 Å². The molecule has 0 aromatic rings. The molecule has 0 atom stereocenters. The van der Waals surface area contributed by atoms with Crippen molar-refractivity contribution in [3.8, 4) is 0 Å². The summed E-state index contributed by atoms with van der Waals surface area (Å²) in [7, 11) is 0. The van der Waals surface area contributed by atoms with Crippen LogP contribution in [0.25, 0.3) is 0 Å². The molecule has 0 saturated carbocycles. The Morgan fingerprint density at radius 3 is 2.67 bits per heavy atom. The van der Waals surface area contributed by atoms with Crippen molar-refractivity contribution in [2.45, 2.75) is 0 Å². The van der Waals surface area contributed by atoms with Crippen molar-refractivity contribution in [2.24, 2.45) is 10.8 Å². The smallest absolute Gasteiger partial charge is 0.0741 e. The van der Waals surface area contributed by atoms with Gasteiger partial charge in [0.05, 0.1) is 18.1 Å². The van der Waals surface area contributed by atoms with E-state index < -0.39 is 0 Å². The van der Waals surface area contributed by atoms with Crippen molar-refractivity contribution in [3.63, 3.8) is 0 Å². The SMILES string of the molecule is NC1=C[N]N=C1. The lowest BCUT2D eigenvalue weighted by Gasteiger charge is -1.70. The Hall–Kier alpha value is -0.990. The third-order valence-corrected chi connectivity index (χ3v) is 0.480. The highest BCUT2D eigenvalue weighted by atomic mass is 15.3. The normalized spacial score (nSPS) is 17.0. The van der Waals surface area contributed by atoms with Crippen molar-refractivity contribution in [1.82, 2.24) is 5.43 Å². The lowest BCUT2D eigenvalue weighted by Crippen LogP contribution is -1.92. The third-order valence-electron chi connectivity index (χ3n) is 0.480. The predicted octanol–water partition coefficient (Wildman–Crippen LogP) is -0.610. The summed E-state index contributed by atoms with van der Waals surface area (Å²) in [6, 6.07) is 0. The van der Waals surface area contributed by atoms with Crippen LogP contribution in [0.5, 0.6) is 0 Å². The monoisotopic (exact) mass is 82.0 g/mol. The van der Waals surface area contributed by atoms with E-state index in [9.17, 15) is 0 Å². The van der Waals surface area contributed by atoms with Crippen LogP contribution in [-0.4, -0.2) is 6.21 Å². The summed E-state index contributed by atoms with van der Waals surface area (Å²) in [4.78, 5) is 0. The molecule has 31 valence electrons. The van der Waals surface area contributed by atoms with E-state index in [1.54, 1.807) is 0 Å². The van der Waals surface area contributed by atoms with Gasteiger partial charge in [-0.3, -0.25) is 0 Å². The predicted molar refractivity (Wildman–Crippen MR) is 22.9 cm³/mol. The molecule has 1 aliphatic heterocycles. The molecule has 0 spiro atoms. The number of hydrogen-bond acceptors (Lipinski definition) is 2. The second kappa shape index (κ2) is 1.01. The van der Waals surface area contributed by atoms with Gasteiger partial charge in [0.2, 0.25) is 0 Å². The minimum absolute atomic E-state index is 0.620. The first kappa shape index (κ1) is 3.21.